The molecule has 2 unspecified atom stereocenters. The van der Waals surface area contributed by atoms with E-state index < -0.39 is 6.10 Å². The Kier molecular flexibility index (Phi) is 5.05. The summed E-state index contributed by atoms with van der Waals surface area (Å²) in [5.41, 5.74) is 0. The minimum atomic E-state index is -0.612. The maximum Gasteiger partial charge on any atom is 0.0894 e. The average molecular weight is 185 g/mol. The van der Waals surface area contributed by atoms with E-state index in [9.17, 15) is 0 Å². The zero-order valence-electron chi connectivity index (χ0n) is 7.95. The van der Waals surface area contributed by atoms with Crippen LogP contribution in [0.3, 0.4) is 0 Å². The van der Waals surface area contributed by atoms with Crippen LogP contribution < -0.4 is 5.32 Å². The molecule has 1 aliphatic carbocycles. The van der Waals surface area contributed by atoms with Crippen LogP contribution in [0.4, 0.5) is 0 Å². The lowest BCUT2D eigenvalue weighted by molar-refractivity contribution is 0.0935. The van der Waals surface area contributed by atoms with Crippen molar-refractivity contribution in [2.75, 3.05) is 19.7 Å². The fourth-order valence-electron chi connectivity index (χ4n) is 1.56. The zero-order valence-corrected chi connectivity index (χ0v) is 7.95. The summed E-state index contributed by atoms with van der Waals surface area (Å²) >= 11 is 0. The average Bonchev–Trinajstić information content (AvgIpc) is 2.19. The molecule has 0 aliphatic heterocycles. The fraction of sp³-hybridized carbons (Fsp3) is 0.800. The van der Waals surface area contributed by atoms with Gasteiger partial charge < -0.3 is 15.5 Å². The lowest BCUT2D eigenvalue weighted by atomic mass is 9.94. The Morgan fingerprint density at radius 3 is 2.92 bits per heavy atom. The maximum absolute atomic E-state index is 9.06. The molecule has 0 aromatic carbocycles. The SMILES string of the molecule is OCC(O)CNCC1CC=CCC1. The minimum Gasteiger partial charge on any atom is -0.394 e. The number of aliphatic hydroxyl groups is 2. The van der Waals surface area contributed by atoms with Gasteiger partial charge in [-0.1, -0.05) is 12.2 Å². The second kappa shape index (κ2) is 6.13. The largest absolute Gasteiger partial charge is 0.394 e. The summed E-state index contributed by atoms with van der Waals surface area (Å²) in [5, 5.41) is 20.8. The van der Waals surface area contributed by atoms with Crippen LogP contribution in [0.5, 0.6) is 0 Å². The Bertz CT molecular complexity index is 159. The first-order chi connectivity index (χ1) is 6.33. The molecule has 0 saturated carbocycles. The molecule has 3 nitrogen and oxygen atoms in total. The van der Waals surface area contributed by atoms with Crippen molar-refractivity contribution in [3.63, 3.8) is 0 Å². The Morgan fingerprint density at radius 2 is 2.31 bits per heavy atom. The van der Waals surface area contributed by atoms with Gasteiger partial charge >= 0.3 is 0 Å². The number of nitrogens with one attached hydrogen (secondary N) is 1. The second-order valence-electron chi connectivity index (χ2n) is 3.65. The molecule has 76 valence electrons. The van der Waals surface area contributed by atoms with Crippen molar-refractivity contribution in [1.29, 1.82) is 0 Å². The van der Waals surface area contributed by atoms with Gasteiger partial charge in [0.15, 0.2) is 0 Å². The molecule has 2 atom stereocenters. The van der Waals surface area contributed by atoms with E-state index in [1.165, 1.54) is 12.8 Å². The minimum absolute atomic E-state index is 0.155. The van der Waals surface area contributed by atoms with Crippen molar-refractivity contribution in [2.45, 2.75) is 25.4 Å². The summed E-state index contributed by atoms with van der Waals surface area (Å²) in [6.45, 7) is 1.29. The summed E-state index contributed by atoms with van der Waals surface area (Å²) in [6.07, 6.45) is 7.38. The topological polar surface area (TPSA) is 52.5 Å². The van der Waals surface area contributed by atoms with Gasteiger partial charge in [0.05, 0.1) is 12.7 Å². The van der Waals surface area contributed by atoms with E-state index >= 15 is 0 Å². The number of allylic oxidation sites excluding steroid dienone is 2. The molecule has 13 heavy (non-hydrogen) atoms. The first kappa shape index (κ1) is 10.7. The smallest absolute Gasteiger partial charge is 0.0894 e. The molecule has 0 bridgehead atoms. The Hall–Kier alpha value is -0.380. The summed E-state index contributed by atoms with van der Waals surface area (Å²) in [7, 11) is 0. The summed E-state index contributed by atoms with van der Waals surface area (Å²) < 4.78 is 0. The Morgan fingerprint density at radius 1 is 1.46 bits per heavy atom. The third-order valence-corrected chi connectivity index (χ3v) is 2.40. The standard InChI is InChI=1S/C10H19NO2/c12-8-10(13)7-11-6-9-4-2-1-3-5-9/h1-2,9-13H,3-8H2. The van der Waals surface area contributed by atoms with Gasteiger partial charge in [0, 0.05) is 6.54 Å². The number of hydrogen-bond donors (Lipinski definition) is 3. The van der Waals surface area contributed by atoms with Crippen LogP contribution in [0, 0.1) is 5.92 Å². The Labute approximate surface area is 79.5 Å². The molecule has 0 saturated heterocycles. The lowest BCUT2D eigenvalue weighted by Gasteiger charge is -2.18. The molecule has 3 N–H and O–H groups in total. The molecule has 3 heteroatoms. The molecule has 0 radical (unpaired) electrons. The fourth-order valence-corrected chi connectivity index (χ4v) is 1.56. The highest BCUT2D eigenvalue weighted by atomic mass is 16.3. The molecule has 0 aromatic rings. The van der Waals surface area contributed by atoms with Crippen LogP contribution >= 0.6 is 0 Å². The third kappa shape index (κ3) is 4.41. The quantitative estimate of drug-likeness (QED) is 0.539. The molecule has 0 aromatic heterocycles. The van der Waals surface area contributed by atoms with E-state index in [1.54, 1.807) is 0 Å². The second-order valence-corrected chi connectivity index (χ2v) is 3.65. The molecule has 0 fully saturated rings. The van der Waals surface area contributed by atoms with Crippen LogP contribution in [0.15, 0.2) is 12.2 Å². The van der Waals surface area contributed by atoms with Crippen LogP contribution in [0.25, 0.3) is 0 Å². The van der Waals surface area contributed by atoms with Crippen LogP contribution in [0.2, 0.25) is 0 Å². The van der Waals surface area contributed by atoms with Gasteiger partial charge in [-0.2, -0.15) is 0 Å². The molecule has 0 amide bonds. The number of aliphatic hydroxyl groups excluding tert-OH is 2. The van der Waals surface area contributed by atoms with Gasteiger partial charge in [0.25, 0.3) is 0 Å². The third-order valence-electron chi connectivity index (χ3n) is 2.40. The molecule has 0 heterocycles. The number of rotatable bonds is 5. The summed E-state index contributed by atoms with van der Waals surface area (Å²) in [5.74, 6) is 0.705. The van der Waals surface area contributed by atoms with Gasteiger partial charge in [-0.15, -0.1) is 0 Å². The highest BCUT2D eigenvalue weighted by Gasteiger charge is 2.09. The van der Waals surface area contributed by atoms with Gasteiger partial charge in [-0.25, -0.2) is 0 Å². The first-order valence-corrected chi connectivity index (χ1v) is 4.97. The molecular weight excluding hydrogens is 166 g/mol. The predicted molar refractivity (Wildman–Crippen MR) is 52.4 cm³/mol. The number of hydrogen-bond acceptors (Lipinski definition) is 3. The summed E-state index contributed by atoms with van der Waals surface area (Å²) in [4.78, 5) is 0. The van der Waals surface area contributed by atoms with Crippen molar-refractivity contribution >= 4 is 0 Å². The normalized spacial score (nSPS) is 24.6. The lowest BCUT2D eigenvalue weighted by Crippen LogP contribution is -2.33. The molecule has 1 rings (SSSR count). The van der Waals surface area contributed by atoms with Crippen molar-refractivity contribution in [2.24, 2.45) is 5.92 Å². The van der Waals surface area contributed by atoms with E-state index in [1.807, 2.05) is 0 Å². The van der Waals surface area contributed by atoms with Crippen molar-refractivity contribution in [3.8, 4) is 0 Å². The molecular formula is C10H19NO2. The van der Waals surface area contributed by atoms with Crippen LogP contribution in [-0.4, -0.2) is 36.0 Å². The van der Waals surface area contributed by atoms with Gasteiger partial charge in [0.2, 0.25) is 0 Å². The van der Waals surface area contributed by atoms with Crippen molar-refractivity contribution < 1.29 is 10.2 Å². The van der Waals surface area contributed by atoms with Crippen molar-refractivity contribution in [1.82, 2.24) is 5.32 Å². The van der Waals surface area contributed by atoms with Crippen LogP contribution in [0.1, 0.15) is 19.3 Å². The highest BCUT2D eigenvalue weighted by Crippen LogP contribution is 2.16. The van der Waals surface area contributed by atoms with E-state index in [-0.39, 0.29) is 6.61 Å². The van der Waals surface area contributed by atoms with Gasteiger partial charge in [-0.3, -0.25) is 0 Å². The van der Waals surface area contributed by atoms with Crippen molar-refractivity contribution in [3.05, 3.63) is 12.2 Å². The van der Waals surface area contributed by atoms with Gasteiger partial charge in [0.1, 0.15) is 0 Å². The van der Waals surface area contributed by atoms with E-state index in [0.717, 1.165) is 13.0 Å². The Balaban J connectivity index is 2.02. The monoisotopic (exact) mass is 185 g/mol. The predicted octanol–water partition coefficient (Wildman–Crippen LogP) is 0.285. The maximum atomic E-state index is 9.06. The van der Waals surface area contributed by atoms with Crippen LogP contribution in [-0.2, 0) is 0 Å². The van der Waals surface area contributed by atoms with E-state index in [0.29, 0.717) is 12.5 Å². The van der Waals surface area contributed by atoms with E-state index in [4.69, 9.17) is 10.2 Å². The first-order valence-electron chi connectivity index (χ1n) is 4.97. The zero-order chi connectivity index (χ0) is 9.52. The van der Waals surface area contributed by atoms with E-state index in [2.05, 4.69) is 17.5 Å². The molecule has 1 aliphatic rings. The summed E-state index contributed by atoms with van der Waals surface area (Å²) in [6, 6.07) is 0. The molecule has 0 spiro atoms. The highest BCUT2D eigenvalue weighted by molar-refractivity contribution is 4.90. The van der Waals surface area contributed by atoms with Gasteiger partial charge in [-0.05, 0) is 31.7 Å².